The second-order valence-corrected chi connectivity index (χ2v) is 14.6. The van der Waals surface area contributed by atoms with Crippen molar-refractivity contribution >= 4 is 27.5 Å². The van der Waals surface area contributed by atoms with Crippen molar-refractivity contribution in [3.8, 4) is 35.2 Å². The third-order valence-electron chi connectivity index (χ3n) is 11.1. The lowest BCUT2D eigenvalue weighted by atomic mass is 9.78. The molecule has 10 heteroatoms. The van der Waals surface area contributed by atoms with Gasteiger partial charge in [0.15, 0.2) is 5.82 Å². The van der Waals surface area contributed by atoms with E-state index in [-0.39, 0.29) is 45.9 Å². The van der Waals surface area contributed by atoms with Gasteiger partial charge >= 0.3 is 6.01 Å². The molecule has 2 atom stereocenters. The third-order valence-corrected chi connectivity index (χ3v) is 11.1. The maximum atomic E-state index is 16.9. The molecule has 4 aromatic rings. The molecule has 3 aromatic carbocycles. The molecule has 4 saturated heterocycles. The van der Waals surface area contributed by atoms with E-state index in [1.54, 1.807) is 18.2 Å². The van der Waals surface area contributed by atoms with Gasteiger partial charge in [-0.1, -0.05) is 18.1 Å². The number of rotatable bonds is 7. The van der Waals surface area contributed by atoms with E-state index in [0.717, 1.165) is 65.0 Å². The summed E-state index contributed by atoms with van der Waals surface area (Å²) >= 11 is 0. The molecule has 1 saturated carbocycles. The summed E-state index contributed by atoms with van der Waals surface area (Å²) in [5.41, 5.74) is 0.680. The molecule has 0 amide bonds. The number of fused-ring (bicyclic) bond motifs is 4. The number of phenolic OH excluding ortho intramolecular Hbond substituents is 1. The van der Waals surface area contributed by atoms with E-state index in [1.165, 1.54) is 18.2 Å². The van der Waals surface area contributed by atoms with Crippen molar-refractivity contribution in [1.29, 1.82) is 0 Å². The van der Waals surface area contributed by atoms with E-state index in [2.05, 4.69) is 26.0 Å². The minimum atomic E-state index is -0.837. The first kappa shape index (κ1) is 29.1. The van der Waals surface area contributed by atoms with Gasteiger partial charge in [-0.25, -0.2) is 8.78 Å². The lowest BCUT2D eigenvalue weighted by Gasteiger charge is -2.48. The van der Waals surface area contributed by atoms with Gasteiger partial charge < -0.3 is 29.7 Å². The van der Waals surface area contributed by atoms with Crippen LogP contribution in [-0.4, -0.2) is 84.6 Å². The second-order valence-electron chi connectivity index (χ2n) is 14.6. The molecule has 242 valence electrons. The monoisotopic (exact) mass is 637 g/mol. The fourth-order valence-corrected chi connectivity index (χ4v) is 8.54. The first-order valence-corrected chi connectivity index (χ1v) is 16.7. The summed E-state index contributed by atoms with van der Waals surface area (Å²) in [6, 6.07) is 10.1. The lowest BCUT2D eigenvalue weighted by Crippen LogP contribution is -2.58. The maximum absolute atomic E-state index is 16.9. The molecule has 2 unspecified atom stereocenters. The number of terminal acetylenes is 1. The Morgan fingerprint density at radius 3 is 2.62 bits per heavy atom. The van der Waals surface area contributed by atoms with Gasteiger partial charge in [-0.2, -0.15) is 9.97 Å². The van der Waals surface area contributed by atoms with Gasteiger partial charge in [0.05, 0.1) is 18.8 Å². The summed E-state index contributed by atoms with van der Waals surface area (Å²) in [6.45, 7) is 6.56. The minimum Gasteiger partial charge on any atom is -0.508 e. The van der Waals surface area contributed by atoms with E-state index >= 15 is 8.78 Å². The van der Waals surface area contributed by atoms with E-state index in [9.17, 15) is 5.11 Å². The number of phenols is 1. The average Bonchev–Trinajstić information content (AvgIpc) is 3.47. The summed E-state index contributed by atoms with van der Waals surface area (Å²) in [5, 5.41) is 15.6. The number of nitrogens with one attached hydrogen (secondary N) is 1. The summed E-state index contributed by atoms with van der Waals surface area (Å²) in [7, 11) is 0. The molecule has 0 radical (unpaired) electrons. The molecule has 4 aliphatic heterocycles. The van der Waals surface area contributed by atoms with Gasteiger partial charge in [-0.15, -0.1) is 6.42 Å². The molecule has 5 fully saturated rings. The van der Waals surface area contributed by atoms with Crippen LogP contribution in [0.25, 0.3) is 32.8 Å². The highest BCUT2D eigenvalue weighted by Gasteiger charge is 2.52. The molecule has 1 aromatic heterocycles. The number of hydrogen-bond acceptors (Lipinski definition) is 8. The van der Waals surface area contributed by atoms with Crippen molar-refractivity contribution in [1.82, 2.24) is 20.2 Å². The predicted molar refractivity (Wildman–Crippen MR) is 176 cm³/mol. The molecule has 47 heavy (non-hydrogen) atoms. The molecule has 8 nitrogen and oxygen atoms in total. The van der Waals surface area contributed by atoms with Crippen LogP contribution >= 0.6 is 0 Å². The number of aromatic hydroxyl groups is 1. The highest BCUT2D eigenvalue weighted by molar-refractivity contribution is 6.04. The Kier molecular flexibility index (Phi) is 6.66. The summed E-state index contributed by atoms with van der Waals surface area (Å²) in [4.78, 5) is 14.1. The Balaban J connectivity index is 1.11. The SMILES string of the molecule is C#Cc1cccc2cc(O)cc(-c3c(F)cc4c(N5CC6CCC(C5)N6)nc(OCC5(CN6CC7(CCOC7)C6)CC5)nc4c3F)c12. The number of likely N-dealkylation sites (tertiary alicyclic amines) is 1. The van der Waals surface area contributed by atoms with Crippen LogP contribution in [0.2, 0.25) is 0 Å². The average molecular weight is 638 g/mol. The zero-order chi connectivity index (χ0) is 31.9. The van der Waals surface area contributed by atoms with Crippen molar-refractivity contribution < 1.29 is 23.4 Å². The second kappa shape index (κ2) is 10.7. The minimum absolute atomic E-state index is 0.0160. The largest absolute Gasteiger partial charge is 0.508 e. The normalized spacial score (nSPS) is 24.1. The standard InChI is InChI=1S/C37H37F2N5O3/c1-2-22-4-3-5-23-12-26(45)13-27(30(22)23)31-29(38)14-28-33(32(31)39)41-35(42-34(28)44-15-24-6-7-25(16-44)40-24)47-21-36(8-9-36)17-43-18-37(19-43)10-11-46-20-37/h1,3-5,12-14,24-25,40,45H,6-11,15-21H2. The van der Waals surface area contributed by atoms with E-state index in [4.69, 9.17) is 20.9 Å². The van der Waals surface area contributed by atoms with E-state index in [1.807, 2.05) is 0 Å². The lowest BCUT2D eigenvalue weighted by molar-refractivity contribution is -0.0239. The van der Waals surface area contributed by atoms with Gasteiger partial charge in [-0.05, 0) is 61.8 Å². The zero-order valence-electron chi connectivity index (χ0n) is 26.2. The molecule has 2 N–H and O–H groups in total. The molecule has 1 spiro atoms. The quantitative estimate of drug-likeness (QED) is 0.267. The van der Waals surface area contributed by atoms with Gasteiger partial charge in [0, 0.05) is 84.1 Å². The highest BCUT2D eigenvalue weighted by Crippen LogP contribution is 2.50. The molecular weight excluding hydrogens is 600 g/mol. The number of benzene rings is 3. The van der Waals surface area contributed by atoms with Crippen LogP contribution in [-0.2, 0) is 4.74 Å². The zero-order valence-corrected chi connectivity index (χ0v) is 26.2. The highest BCUT2D eigenvalue weighted by atomic mass is 19.1. The number of ether oxygens (including phenoxy) is 2. The Hall–Kier alpha value is -4.04. The van der Waals surface area contributed by atoms with E-state index in [0.29, 0.717) is 52.7 Å². The predicted octanol–water partition coefficient (Wildman–Crippen LogP) is 5.24. The van der Waals surface area contributed by atoms with Crippen molar-refractivity contribution in [2.24, 2.45) is 10.8 Å². The fourth-order valence-electron chi connectivity index (χ4n) is 8.54. The topological polar surface area (TPSA) is 83.0 Å². The van der Waals surface area contributed by atoms with Crippen LogP contribution in [0.5, 0.6) is 11.8 Å². The fraction of sp³-hybridized carbons (Fsp3) is 0.459. The van der Waals surface area contributed by atoms with Gasteiger partial charge in [0.25, 0.3) is 0 Å². The number of anilines is 1. The summed E-state index contributed by atoms with van der Waals surface area (Å²) < 4.78 is 45.1. The number of nitrogens with zero attached hydrogens (tertiary/aromatic N) is 4. The number of hydrogen-bond donors (Lipinski definition) is 2. The number of piperazine rings is 1. The van der Waals surface area contributed by atoms with Crippen molar-refractivity contribution in [2.45, 2.75) is 44.2 Å². The van der Waals surface area contributed by atoms with Gasteiger partial charge in [-0.3, -0.25) is 0 Å². The van der Waals surface area contributed by atoms with Crippen molar-refractivity contribution in [3.63, 3.8) is 0 Å². The van der Waals surface area contributed by atoms with E-state index < -0.39 is 11.6 Å². The first-order chi connectivity index (χ1) is 22.8. The Morgan fingerprint density at radius 2 is 1.89 bits per heavy atom. The smallest absolute Gasteiger partial charge is 0.319 e. The van der Waals surface area contributed by atoms with Crippen LogP contribution in [0, 0.1) is 34.8 Å². The van der Waals surface area contributed by atoms with Crippen LogP contribution < -0.4 is 15.0 Å². The molecule has 9 rings (SSSR count). The number of aromatic nitrogens is 2. The van der Waals surface area contributed by atoms with Gasteiger partial charge in [0.1, 0.15) is 22.9 Å². The maximum Gasteiger partial charge on any atom is 0.319 e. The molecular formula is C37H37F2N5O3. The Bertz CT molecular complexity index is 1950. The summed E-state index contributed by atoms with van der Waals surface area (Å²) in [6.07, 6.45) is 11.2. The van der Waals surface area contributed by atoms with Crippen molar-refractivity contribution in [3.05, 3.63) is 53.6 Å². The van der Waals surface area contributed by atoms with Gasteiger partial charge in [0.2, 0.25) is 0 Å². The molecule has 2 bridgehead atoms. The summed E-state index contributed by atoms with van der Waals surface area (Å²) in [5.74, 6) is 1.38. The Morgan fingerprint density at radius 1 is 1.09 bits per heavy atom. The third kappa shape index (κ3) is 4.98. The van der Waals surface area contributed by atoms with Crippen LogP contribution in [0.15, 0.2) is 36.4 Å². The van der Waals surface area contributed by atoms with Crippen LogP contribution in [0.3, 0.4) is 0 Å². The van der Waals surface area contributed by atoms with Crippen LogP contribution in [0.4, 0.5) is 14.6 Å². The first-order valence-electron chi connectivity index (χ1n) is 16.7. The number of halogens is 2. The van der Waals surface area contributed by atoms with Crippen molar-refractivity contribution in [2.75, 3.05) is 57.4 Å². The van der Waals surface area contributed by atoms with Crippen LogP contribution in [0.1, 0.15) is 37.7 Å². The molecule has 1 aliphatic carbocycles. The molecule has 5 aliphatic rings. The Labute approximate surface area is 272 Å². The molecule has 5 heterocycles.